The van der Waals surface area contributed by atoms with Gasteiger partial charge in [0.2, 0.25) is 5.91 Å². The first-order valence-electron chi connectivity index (χ1n) is 13.8. The van der Waals surface area contributed by atoms with Gasteiger partial charge in [-0.2, -0.15) is 0 Å². The molecule has 214 valence electrons. The highest BCUT2D eigenvalue weighted by Crippen LogP contribution is 2.44. The number of carboxylic acids is 1. The van der Waals surface area contributed by atoms with Gasteiger partial charge in [-0.05, 0) is 34.7 Å². The van der Waals surface area contributed by atoms with Crippen LogP contribution < -0.4 is 5.32 Å². The highest BCUT2D eigenvalue weighted by molar-refractivity contribution is 5.86. The van der Waals surface area contributed by atoms with Crippen LogP contribution in [0.1, 0.15) is 36.0 Å². The summed E-state index contributed by atoms with van der Waals surface area (Å²) in [7, 11) is 0. The number of nitrogens with one attached hydrogen (secondary N) is 1. The number of carbonyl (C=O) groups excluding carboxylic acids is 2. The fourth-order valence-corrected chi connectivity index (χ4v) is 5.48. The summed E-state index contributed by atoms with van der Waals surface area (Å²) in [5.41, 5.74) is 5.35. The van der Waals surface area contributed by atoms with Gasteiger partial charge in [0.15, 0.2) is 0 Å². The van der Waals surface area contributed by atoms with Crippen molar-refractivity contribution < 1.29 is 33.7 Å². The number of ether oxygens (including phenoxy) is 3. The lowest BCUT2D eigenvalue weighted by molar-refractivity contribution is -0.150. The van der Waals surface area contributed by atoms with Crippen molar-refractivity contribution in [1.29, 1.82) is 0 Å². The third-order valence-electron chi connectivity index (χ3n) is 7.56. The minimum atomic E-state index is -1.04. The van der Waals surface area contributed by atoms with Gasteiger partial charge >= 0.3 is 12.1 Å². The van der Waals surface area contributed by atoms with E-state index >= 15 is 0 Å². The Morgan fingerprint density at radius 1 is 0.976 bits per heavy atom. The van der Waals surface area contributed by atoms with Crippen LogP contribution in [0.2, 0.25) is 0 Å². The molecule has 1 aliphatic heterocycles. The number of hydrogen-bond donors (Lipinski definition) is 2. The Morgan fingerprint density at radius 3 is 2.27 bits per heavy atom. The molecular formula is C32H34N2O7. The average Bonchev–Trinajstić information content (AvgIpc) is 3.31. The second-order valence-electron chi connectivity index (χ2n) is 10.3. The van der Waals surface area contributed by atoms with E-state index in [0.29, 0.717) is 0 Å². The van der Waals surface area contributed by atoms with Crippen molar-refractivity contribution >= 4 is 18.0 Å². The first kappa shape index (κ1) is 28.3. The maximum atomic E-state index is 13.7. The Morgan fingerprint density at radius 2 is 1.61 bits per heavy atom. The average molecular weight is 559 g/mol. The first-order valence-corrected chi connectivity index (χ1v) is 13.8. The van der Waals surface area contributed by atoms with Crippen molar-refractivity contribution in [1.82, 2.24) is 10.2 Å². The zero-order valence-electron chi connectivity index (χ0n) is 22.9. The van der Waals surface area contributed by atoms with Gasteiger partial charge < -0.3 is 29.5 Å². The molecule has 2 aliphatic rings. The number of alkyl carbamates (subject to hydrolysis) is 1. The SMILES string of the molecule is CC(OCc1ccccc1)C(NC(=O)OCC1c2ccccc2-c2ccccc21)C(=O)N1CCOC(CC(=O)O)C1. The standard InChI is InChI=1S/C32H34N2O7/c1-21(40-19-22-9-3-2-4-10-22)30(31(37)34-15-16-39-23(18-34)17-29(35)36)33-32(38)41-20-28-26-13-7-5-11-24(26)25-12-6-8-14-27(25)28/h2-14,21,23,28,30H,15-20H2,1H3,(H,33,38)(H,35,36). The van der Waals surface area contributed by atoms with E-state index in [1.54, 1.807) is 6.92 Å². The monoisotopic (exact) mass is 558 g/mol. The van der Waals surface area contributed by atoms with Gasteiger partial charge in [-0.15, -0.1) is 0 Å². The third-order valence-corrected chi connectivity index (χ3v) is 7.56. The molecule has 3 atom stereocenters. The van der Waals surface area contributed by atoms with Crippen LogP contribution in [0, 0.1) is 0 Å². The van der Waals surface area contributed by atoms with Crippen molar-refractivity contribution in [3.63, 3.8) is 0 Å². The van der Waals surface area contributed by atoms with E-state index in [9.17, 15) is 19.5 Å². The van der Waals surface area contributed by atoms with Crippen LogP contribution in [0.5, 0.6) is 0 Å². The number of fused-ring (bicyclic) bond motifs is 3. The van der Waals surface area contributed by atoms with Gasteiger partial charge in [0.1, 0.15) is 12.6 Å². The normalized spacial score (nSPS) is 17.7. The molecule has 1 aliphatic carbocycles. The number of rotatable bonds is 10. The summed E-state index contributed by atoms with van der Waals surface area (Å²) in [5, 5.41) is 11.9. The fourth-order valence-electron chi connectivity index (χ4n) is 5.48. The van der Waals surface area contributed by atoms with Crippen LogP contribution in [-0.2, 0) is 30.4 Å². The second-order valence-corrected chi connectivity index (χ2v) is 10.3. The van der Waals surface area contributed by atoms with Crippen molar-refractivity contribution in [2.24, 2.45) is 0 Å². The van der Waals surface area contributed by atoms with Crippen LogP contribution in [-0.4, -0.2) is 72.5 Å². The van der Waals surface area contributed by atoms with Crippen LogP contribution in [0.25, 0.3) is 11.1 Å². The van der Waals surface area contributed by atoms with E-state index in [1.807, 2.05) is 66.7 Å². The molecule has 0 saturated carbocycles. The molecule has 0 spiro atoms. The molecule has 9 heteroatoms. The predicted molar refractivity (Wildman–Crippen MR) is 151 cm³/mol. The topological polar surface area (TPSA) is 114 Å². The van der Waals surface area contributed by atoms with Gasteiger partial charge in [-0.3, -0.25) is 9.59 Å². The maximum absolute atomic E-state index is 13.7. The lowest BCUT2D eigenvalue weighted by atomic mass is 9.98. The van der Waals surface area contributed by atoms with E-state index < -0.39 is 30.3 Å². The van der Waals surface area contributed by atoms with Crippen molar-refractivity contribution in [2.45, 2.75) is 44.1 Å². The highest BCUT2D eigenvalue weighted by Gasteiger charge is 2.36. The molecule has 41 heavy (non-hydrogen) atoms. The van der Waals surface area contributed by atoms with Crippen LogP contribution in [0.4, 0.5) is 4.79 Å². The zero-order valence-corrected chi connectivity index (χ0v) is 22.9. The largest absolute Gasteiger partial charge is 0.481 e. The Labute approximate surface area is 239 Å². The number of morpholine rings is 1. The molecule has 3 aromatic rings. The number of nitrogens with zero attached hydrogens (tertiary/aromatic N) is 1. The highest BCUT2D eigenvalue weighted by atomic mass is 16.5. The quantitative estimate of drug-likeness (QED) is 0.383. The van der Waals surface area contributed by atoms with Crippen molar-refractivity contribution in [3.05, 3.63) is 95.6 Å². The molecule has 5 rings (SSSR count). The summed E-state index contributed by atoms with van der Waals surface area (Å²) in [6.07, 6.45) is -2.26. The summed E-state index contributed by atoms with van der Waals surface area (Å²) in [6.45, 7) is 2.69. The van der Waals surface area contributed by atoms with Crippen molar-refractivity contribution in [2.75, 3.05) is 26.3 Å². The van der Waals surface area contributed by atoms with Gasteiger partial charge in [0.05, 0.1) is 31.8 Å². The number of hydrogen-bond acceptors (Lipinski definition) is 6. The molecular weight excluding hydrogens is 524 g/mol. The number of aliphatic carboxylic acids is 1. The third kappa shape index (κ3) is 6.75. The molecule has 2 N–H and O–H groups in total. The molecule has 1 heterocycles. The van der Waals surface area contributed by atoms with Gasteiger partial charge in [0, 0.05) is 19.0 Å². The summed E-state index contributed by atoms with van der Waals surface area (Å²) < 4.78 is 17.3. The van der Waals surface area contributed by atoms with Gasteiger partial charge in [0.25, 0.3) is 0 Å². The van der Waals surface area contributed by atoms with Gasteiger partial charge in [-0.1, -0.05) is 78.9 Å². The van der Waals surface area contributed by atoms with Gasteiger partial charge in [-0.25, -0.2) is 4.79 Å². The predicted octanol–water partition coefficient (Wildman–Crippen LogP) is 4.20. The number of carboxylic acid groups (broad SMARTS) is 1. The lowest BCUT2D eigenvalue weighted by Gasteiger charge is -2.36. The van der Waals surface area contributed by atoms with E-state index in [1.165, 1.54) is 4.90 Å². The summed E-state index contributed by atoms with van der Waals surface area (Å²) in [5.74, 6) is -1.50. The van der Waals surface area contributed by atoms with Crippen LogP contribution in [0.15, 0.2) is 78.9 Å². The van der Waals surface area contributed by atoms with E-state index in [0.717, 1.165) is 27.8 Å². The molecule has 0 aromatic heterocycles. The first-order chi connectivity index (χ1) is 19.9. The molecule has 0 bridgehead atoms. The summed E-state index contributed by atoms with van der Waals surface area (Å²) >= 11 is 0. The molecule has 1 fully saturated rings. The number of benzene rings is 3. The summed E-state index contributed by atoms with van der Waals surface area (Å²) in [4.78, 5) is 39.6. The molecule has 2 amide bonds. The Bertz CT molecular complexity index is 1330. The molecule has 3 aromatic carbocycles. The second kappa shape index (κ2) is 13.0. The Hall–Kier alpha value is -4.21. The lowest BCUT2D eigenvalue weighted by Crippen LogP contribution is -2.57. The molecule has 1 saturated heterocycles. The van der Waals surface area contributed by atoms with E-state index in [4.69, 9.17) is 14.2 Å². The van der Waals surface area contributed by atoms with E-state index in [-0.39, 0.29) is 51.2 Å². The minimum Gasteiger partial charge on any atom is -0.481 e. The van der Waals surface area contributed by atoms with E-state index in [2.05, 4.69) is 17.4 Å². The Kier molecular flexibility index (Phi) is 8.96. The minimum absolute atomic E-state index is 0.109. The van der Waals surface area contributed by atoms with Crippen LogP contribution >= 0.6 is 0 Å². The number of carbonyl (C=O) groups is 3. The fraction of sp³-hybridized carbons (Fsp3) is 0.344. The molecule has 0 radical (unpaired) electrons. The Balaban J connectivity index is 1.28. The zero-order chi connectivity index (χ0) is 28.8. The maximum Gasteiger partial charge on any atom is 0.407 e. The molecule has 9 nitrogen and oxygen atoms in total. The smallest absolute Gasteiger partial charge is 0.407 e. The van der Waals surface area contributed by atoms with Crippen molar-refractivity contribution in [3.8, 4) is 11.1 Å². The molecule has 3 unspecified atom stereocenters. The summed E-state index contributed by atoms with van der Waals surface area (Å²) in [6, 6.07) is 24.6. The van der Waals surface area contributed by atoms with Crippen LogP contribution in [0.3, 0.4) is 0 Å². The number of amides is 2.